The summed E-state index contributed by atoms with van der Waals surface area (Å²) in [5.41, 5.74) is 7.00. The van der Waals surface area contributed by atoms with Crippen LogP contribution in [0.2, 0.25) is 19.6 Å². The van der Waals surface area contributed by atoms with E-state index in [1.165, 1.54) is 16.7 Å². The molecule has 1 aromatic heterocycles. The van der Waals surface area contributed by atoms with Gasteiger partial charge in [-0.05, 0) is 61.0 Å². The zero-order valence-electron chi connectivity index (χ0n) is 20.6. The Balaban J connectivity index is 1.76. The lowest BCUT2D eigenvalue weighted by Crippen LogP contribution is -2.50. The summed E-state index contributed by atoms with van der Waals surface area (Å²) in [6.45, 7) is 8.81. The molecule has 0 fully saturated rings. The van der Waals surface area contributed by atoms with Crippen LogP contribution < -0.4 is 5.32 Å². The number of nitrogens with one attached hydrogen (secondary N) is 1. The van der Waals surface area contributed by atoms with Crippen molar-refractivity contribution in [1.29, 1.82) is 0 Å². The lowest BCUT2D eigenvalue weighted by Gasteiger charge is -2.44. The van der Waals surface area contributed by atoms with Crippen LogP contribution in [0.25, 0.3) is 11.1 Å². The average Bonchev–Trinajstić information content (AvgIpc) is 3.13. The number of hydrogen-bond donors (Lipinski definition) is 1. The molecule has 3 aromatic carbocycles. The smallest absolute Gasteiger partial charge is 0.185 e. The van der Waals surface area contributed by atoms with Gasteiger partial charge < -0.3 is 9.74 Å². The van der Waals surface area contributed by atoms with E-state index in [1.807, 2.05) is 18.3 Å². The average molecular weight is 495 g/mol. The maximum absolute atomic E-state index is 7.29. The molecule has 1 N–H and O–H groups in total. The van der Waals surface area contributed by atoms with Crippen LogP contribution >= 0.6 is 12.2 Å². The lowest BCUT2D eigenvalue weighted by molar-refractivity contribution is 0.0669. The third-order valence-corrected chi connectivity index (χ3v) is 7.68. The Morgan fingerprint density at radius 2 is 1.40 bits per heavy atom. The topological polar surface area (TPSA) is 34.2 Å². The molecule has 0 saturated heterocycles. The molecule has 3 nitrogen and oxygen atoms in total. The summed E-state index contributed by atoms with van der Waals surface area (Å²) in [5.74, 6) is 0. The molecule has 0 saturated carbocycles. The Bertz CT molecular complexity index is 1320. The summed E-state index contributed by atoms with van der Waals surface area (Å²) < 4.78 is 7.29. The second kappa shape index (κ2) is 9.15. The number of aryl methyl sites for hydroxylation is 1. The van der Waals surface area contributed by atoms with Crippen molar-refractivity contribution >= 4 is 25.5 Å². The Hall–Kier alpha value is -3.12. The van der Waals surface area contributed by atoms with Gasteiger partial charge in [0.2, 0.25) is 0 Å². The van der Waals surface area contributed by atoms with E-state index < -0.39 is 13.9 Å². The second-order valence-electron chi connectivity index (χ2n) is 10.1. The van der Waals surface area contributed by atoms with Crippen LogP contribution in [0.4, 0.5) is 0 Å². The van der Waals surface area contributed by atoms with Gasteiger partial charge in [0.05, 0.1) is 5.69 Å². The molecule has 1 unspecified atom stereocenters. The number of rotatable bonds is 6. The first-order valence-corrected chi connectivity index (χ1v) is 15.8. The van der Waals surface area contributed by atoms with E-state index in [9.17, 15) is 0 Å². The van der Waals surface area contributed by atoms with Crippen LogP contribution in [0.5, 0.6) is 0 Å². The van der Waals surface area contributed by atoms with Crippen molar-refractivity contribution in [3.63, 3.8) is 0 Å². The van der Waals surface area contributed by atoms with Crippen LogP contribution in [0.3, 0.4) is 0 Å². The van der Waals surface area contributed by atoms with Crippen molar-refractivity contribution in [2.45, 2.75) is 38.2 Å². The zero-order valence-corrected chi connectivity index (χ0v) is 22.4. The molecule has 1 atom stereocenters. The molecular formula is C30H30N2OSSi. The first-order valence-electron chi connectivity index (χ1n) is 12.0. The Labute approximate surface area is 214 Å². The Morgan fingerprint density at radius 1 is 0.829 bits per heavy atom. The Morgan fingerprint density at radius 3 is 1.94 bits per heavy atom. The minimum Gasteiger partial charge on any atom is -0.402 e. The summed E-state index contributed by atoms with van der Waals surface area (Å²) in [7, 11) is -2.08. The van der Waals surface area contributed by atoms with Gasteiger partial charge in [-0.15, -0.1) is 0 Å². The number of benzene rings is 3. The molecule has 0 bridgehead atoms. The number of aromatic nitrogens is 1. The summed E-state index contributed by atoms with van der Waals surface area (Å²) in [4.78, 5) is 5.50. The van der Waals surface area contributed by atoms with Gasteiger partial charge in [0.25, 0.3) is 0 Å². The van der Waals surface area contributed by atoms with Gasteiger partial charge in [-0.2, -0.15) is 0 Å². The first-order chi connectivity index (χ1) is 16.8. The first kappa shape index (κ1) is 23.6. The van der Waals surface area contributed by atoms with Gasteiger partial charge in [0, 0.05) is 11.8 Å². The van der Waals surface area contributed by atoms with Gasteiger partial charge in [-0.3, -0.25) is 4.98 Å². The van der Waals surface area contributed by atoms with Crippen molar-refractivity contribution in [1.82, 2.24) is 10.3 Å². The largest absolute Gasteiger partial charge is 0.402 e. The van der Waals surface area contributed by atoms with Gasteiger partial charge in [-0.1, -0.05) is 96.6 Å². The third-order valence-electron chi connectivity index (χ3n) is 6.39. The summed E-state index contributed by atoms with van der Waals surface area (Å²) in [6.07, 6.45) is 1.84. The van der Waals surface area contributed by atoms with E-state index in [0.717, 1.165) is 22.4 Å². The molecule has 5 heteroatoms. The second-order valence-corrected chi connectivity index (χ2v) is 14.9. The van der Waals surface area contributed by atoms with E-state index in [2.05, 4.69) is 111 Å². The van der Waals surface area contributed by atoms with E-state index >= 15 is 0 Å². The fourth-order valence-corrected chi connectivity index (χ4v) is 6.60. The van der Waals surface area contributed by atoms with Crippen molar-refractivity contribution in [3.05, 3.63) is 125 Å². The molecule has 0 aliphatic heterocycles. The molecule has 1 heterocycles. The number of nitrogens with zero attached hydrogens (tertiary/aromatic N) is 1. The number of pyridine rings is 1. The van der Waals surface area contributed by atoms with Crippen LogP contribution in [-0.4, -0.2) is 18.3 Å². The number of hydrogen-bond acceptors (Lipinski definition) is 3. The predicted octanol–water partition coefficient (Wildman–Crippen LogP) is 7.17. The molecular weight excluding hydrogens is 464 g/mol. The Kier molecular flexibility index (Phi) is 6.17. The molecule has 0 radical (unpaired) electrons. The normalized spacial score (nSPS) is 14.6. The minimum atomic E-state index is -2.08. The van der Waals surface area contributed by atoms with Crippen LogP contribution in [-0.2, 0) is 10.0 Å². The van der Waals surface area contributed by atoms with Crippen molar-refractivity contribution in [2.75, 3.05) is 0 Å². The number of fused-ring (bicyclic) bond motifs is 3. The standard InChI is InChI=1S/C30H30N2OSSi/c1-21-16-18-22(19-17-21)29(34)32-28(27-15-9-10-20-31-27)30(33-35(2,3)4)25-13-7-5-11-23(25)24-12-6-8-14-26(24)30/h5-20,28H,1-4H3,(H,32,34). The quantitative estimate of drug-likeness (QED) is 0.228. The van der Waals surface area contributed by atoms with E-state index in [-0.39, 0.29) is 6.04 Å². The van der Waals surface area contributed by atoms with Crippen molar-refractivity contribution in [2.24, 2.45) is 0 Å². The third kappa shape index (κ3) is 4.36. The highest BCUT2D eigenvalue weighted by Crippen LogP contribution is 2.56. The van der Waals surface area contributed by atoms with E-state index in [4.69, 9.17) is 21.6 Å². The summed E-state index contributed by atoms with van der Waals surface area (Å²) in [5, 5.41) is 3.72. The molecule has 5 rings (SSSR count). The SMILES string of the molecule is Cc1ccc(C(=S)NC(c2ccccn2)C2(O[Si](C)(C)C)c3ccccc3-c3ccccc32)cc1. The minimum absolute atomic E-state index is 0.325. The molecule has 0 amide bonds. The van der Waals surface area contributed by atoms with E-state index in [0.29, 0.717) is 4.99 Å². The highest BCUT2D eigenvalue weighted by Gasteiger charge is 2.53. The van der Waals surface area contributed by atoms with Gasteiger partial charge in [0.1, 0.15) is 16.6 Å². The maximum Gasteiger partial charge on any atom is 0.185 e. The van der Waals surface area contributed by atoms with E-state index in [1.54, 1.807) is 0 Å². The molecule has 4 aromatic rings. The lowest BCUT2D eigenvalue weighted by atomic mass is 9.82. The summed E-state index contributed by atoms with van der Waals surface area (Å²) >= 11 is 5.98. The van der Waals surface area contributed by atoms with Crippen LogP contribution in [0.1, 0.15) is 34.0 Å². The predicted molar refractivity (Wildman–Crippen MR) is 150 cm³/mol. The fraction of sp³-hybridized carbons (Fsp3) is 0.200. The zero-order chi connectivity index (χ0) is 24.6. The van der Waals surface area contributed by atoms with Gasteiger partial charge in [0.15, 0.2) is 8.32 Å². The highest BCUT2D eigenvalue weighted by atomic mass is 32.1. The van der Waals surface area contributed by atoms with Gasteiger partial charge in [-0.25, -0.2) is 0 Å². The molecule has 1 aliphatic carbocycles. The molecule has 0 spiro atoms. The fourth-order valence-electron chi connectivity index (χ4n) is 5.04. The van der Waals surface area contributed by atoms with Crippen LogP contribution in [0.15, 0.2) is 97.2 Å². The molecule has 1 aliphatic rings. The van der Waals surface area contributed by atoms with Crippen molar-refractivity contribution in [3.8, 4) is 11.1 Å². The van der Waals surface area contributed by atoms with Crippen LogP contribution in [0, 0.1) is 6.92 Å². The van der Waals surface area contributed by atoms with Gasteiger partial charge >= 0.3 is 0 Å². The maximum atomic E-state index is 7.29. The molecule has 35 heavy (non-hydrogen) atoms. The highest BCUT2D eigenvalue weighted by molar-refractivity contribution is 7.80. The molecule has 176 valence electrons. The number of thiocarbonyl (C=S) groups is 1. The monoisotopic (exact) mass is 494 g/mol. The summed E-state index contributed by atoms with van der Waals surface area (Å²) in [6, 6.07) is 31.2. The van der Waals surface area contributed by atoms with Crippen molar-refractivity contribution < 1.29 is 4.43 Å².